The van der Waals surface area contributed by atoms with Crippen molar-refractivity contribution in [2.75, 3.05) is 4.90 Å². The third kappa shape index (κ3) is 6.30. The first-order chi connectivity index (χ1) is 29.1. The van der Waals surface area contributed by atoms with E-state index in [2.05, 4.69) is 0 Å². The standard InChI is InChI=1S/C50H32F7N3/c51-31-21-41(53)39(42(54)22-31)27-58-46-12-6-4-10-35(46)37-25-33(15-18-48(37)58)60(50-17-14-30(20-45(50)57)29-8-2-1-3-9-29)34-16-19-49-38(26-34)36-11-5-7-13-47(36)59(49)28-40-43(55)23-32(52)24-44(40)56/h1-6,8-12,14-26H,7,13,27-28H2. The van der Waals surface area contributed by atoms with Gasteiger partial charge in [0, 0.05) is 90.7 Å². The molecule has 1 aliphatic rings. The molecule has 3 nitrogen and oxygen atoms in total. The molecule has 60 heavy (non-hydrogen) atoms. The molecule has 1 aliphatic carbocycles. The fourth-order valence-corrected chi connectivity index (χ4v) is 8.66. The maximum atomic E-state index is 16.8. The van der Waals surface area contributed by atoms with Gasteiger partial charge in [0.2, 0.25) is 0 Å². The van der Waals surface area contributed by atoms with E-state index in [1.807, 2.05) is 114 Å². The van der Waals surface area contributed by atoms with Gasteiger partial charge in [0.15, 0.2) is 0 Å². The van der Waals surface area contributed by atoms with Crippen LogP contribution in [0.15, 0.2) is 140 Å². The Morgan fingerprint density at radius 1 is 0.467 bits per heavy atom. The lowest BCUT2D eigenvalue weighted by molar-refractivity contribution is 0.515. The molecule has 296 valence electrons. The monoisotopic (exact) mass is 807 g/mol. The van der Waals surface area contributed by atoms with Crippen LogP contribution in [0.2, 0.25) is 0 Å². The van der Waals surface area contributed by atoms with Gasteiger partial charge in [-0.2, -0.15) is 0 Å². The molecule has 0 amide bonds. The number of fused-ring (bicyclic) bond motifs is 6. The second-order valence-electron chi connectivity index (χ2n) is 15.0. The average molecular weight is 808 g/mol. The Hall–Kier alpha value is -7.07. The lowest BCUT2D eigenvalue weighted by Gasteiger charge is -2.27. The van der Waals surface area contributed by atoms with Crippen molar-refractivity contribution in [2.24, 2.45) is 0 Å². The van der Waals surface area contributed by atoms with Crippen LogP contribution < -0.4 is 4.90 Å². The third-order valence-electron chi connectivity index (χ3n) is 11.4. The van der Waals surface area contributed by atoms with Crippen LogP contribution in [0.3, 0.4) is 0 Å². The Morgan fingerprint density at radius 3 is 1.68 bits per heavy atom. The largest absolute Gasteiger partial charge is 0.339 e. The molecule has 10 rings (SSSR count). The smallest absolute Gasteiger partial charge is 0.147 e. The average Bonchev–Trinajstić information content (AvgIpc) is 3.72. The molecule has 10 heteroatoms. The maximum absolute atomic E-state index is 16.8. The lowest BCUT2D eigenvalue weighted by Crippen LogP contribution is -2.12. The first-order valence-electron chi connectivity index (χ1n) is 19.4. The summed E-state index contributed by atoms with van der Waals surface area (Å²) in [5.74, 6) is -6.44. The second-order valence-corrected chi connectivity index (χ2v) is 15.0. The number of hydrogen-bond donors (Lipinski definition) is 0. The molecule has 0 aliphatic heterocycles. The van der Waals surface area contributed by atoms with Gasteiger partial charge < -0.3 is 14.0 Å². The molecule has 0 unspecified atom stereocenters. The number of aromatic nitrogens is 2. The summed E-state index contributed by atoms with van der Waals surface area (Å²) in [5, 5.41) is 2.28. The van der Waals surface area contributed by atoms with E-state index >= 15 is 22.0 Å². The summed E-state index contributed by atoms with van der Waals surface area (Å²) in [4.78, 5) is 1.80. The van der Waals surface area contributed by atoms with Crippen molar-refractivity contribution in [3.63, 3.8) is 0 Å². The summed E-state index contributed by atoms with van der Waals surface area (Å²) >= 11 is 0. The normalized spacial score (nSPS) is 12.5. The molecule has 0 atom stereocenters. The van der Waals surface area contributed by atoms with E-state index in [-0.39, 0.29) is 29.9 Å². The number of hydrogen-bond acceptors (Lipinski definition) is 1. The quantitative estimate of drug-likeness (QED) is 0.139. The van der Waals surface area contributed by atoms with Crippen molar-refractivity contribution in [2.45, 2.75) is 25.9 Å². The van der Waals surface area contributed by atoms with Crippen LogP contribution in [0.1, 0.15) is 28.8 Å². The van der Waals surface area contributed by atoms with Gasteiger partial charge in [-0.25, -0.2) is 30.7 Å². The SMILES string of the molecule is Fc1cc(F)c(Cn2c3c(c4cc(N(c5ccc6c(c5)c5ccccc5n6Cc5c(F)cc(F)cc5F)c5ccc(-c6ccccc6)cc5F)ccc42)C=CCC3)c(F)c1. The summed E-state index contributed by atoms with van der Waals surface area (Å²) in [5.41, 5.74) is 6.14. The third-order valence-corrected chi connectivity index (χ3v) is 11.4. The minimum Gasteiger partial charge on any atom is -0.339 e. The molecule has 0 radical (unpaired) electrons. The zero-order valence-corrected chi connectivity index (χ0v) is 31.7. The number of allylic oxidation sites excluding steroid dienone is 1. The van der Waals surface area contributed by atoms with Crippen LogP contribution >= 0.6 is 0 Å². The van der Waals surface area contributed by atoms with Gasteiger partial charge in [-0.05, 0) is 78.6 Å². The molecule has 7 aromatic carbocycles. The van der Waals surface area contributed by atoms with E-state index < -0.39 is 40.7 Å². The van der Waals surface area contributed by atoms with E-state index in [1.165, 1.54) is 6.07 Å². The molecule has 0 bridgehead atoms. The van der Waals surface area contributed by atoms with E-state index in [0.29, 0.717) is 70.6 Å². The zero-order chi connectivity index (χ0) is 41.2. The number of para-hydroxylation sites is 1. The van der Waals surface area contributed by atoms with Crippen LogP contribution in [0, 0.1) is 40.7 Å². The molecule has 0 N–H and O–H groups in total. The van der Waals surface area contributed by atoms with Crippen molar-refractivity contribution < 1.29 is 30.7 Å². The zero-order valence-electron chi connectivity index (χ0n) is 31.7. The fraction of sp³-hybridized carbons (Fsp3) is 0.0800. The molecular formula is C50H32F7N3. The molecule has 0 spiro atoms. The van der Waals surface area contributed by atoms with Gasteiger partial charge in [-0.15, -0.1) is 0 Å². The highest BCUT2D eigenvalue weighted by molar-refractivity contribution is 6.10. The van der Waals surface area contributed by atoms with Crippen molar-refractivity contribution in [1.29, 1.82) is 0 Å². The van der Waals surface area contributed by atoms with Gasteiger partial charge in [0.25, 0.3) is 0 Å². The van der Waals surface area contributed by atoms with Crippen molar-refractivity contribution >= 4 is 55.8 Å². The summed E-state index contributed by atoms with van der Waals surface area (Å²) in [6.07, 6.45) is 5.33. The van der Waals surface area contributed by atoms with E-state index in [4.69, 9.17) is 0 Å². The first kappa shape index (κ1) is 37.2. The van der Waals surface area contributed by atoms with Crippen LogP contribution in [0.5, 0.6) is 0 Å². The molecule has 9 aromatic rings. The van der Waals surface area contributed by atoms with Gasteiger partial charge in [-0.3, -0.25) is 0 Å². The summed E-state index contributed by atoms with van der Waals surface area (Å²) in [6, 6.07) is 35.7. The molecule has 2 aromatic heterocycles. The minimum absolute atomic E-state index is 0.164. The van der Waals surface area contributed by atoms with Crippen LogP contribution in [-0.4, -0.2) is 9.13 Å². The predicted molar refractivity (Wildman–Crippen MR) is 223 cm³/mol. The van der Waals surface area contributed by atoms with E-state index in [9.17, 15) is 8.78 Å². The Morgan fingerprint density at radius 2 is 1.03 bits per heavy atom. The highest BCUT2D eigenvalue weighted by atomic mass is 19.2. The Kier molecular flexibility index (Phi) is 9.08. The van der Waals surface area contributed by atoms with Gasteiger partial charge in [0.1, 0.15) is 40.7 Å². The highest BCUT2D eigenvalue weighted by Crippen LogP contribution is 2.43. The van der Waals surface area contributed by atoms with Crippen LogP contribution in [0.25, 0.3) is 49.9 Å². The Labute approximate surface area is 339 Å². The summed E-state index contributed by atoms with van der Waals surface area (Å²) in [7, 11) is 0. The summed E-state index contributed by atoms with van der Waals surface area (Å²) < 4.78 is 108. The number of rotatable bonds is 8. The topological polar surface area (TPSA) is 13.1 Å². The van der Waals surface area contributed by atoms with Crippen molar-refractivity contribution in [3.8, 4) is 11.1 Å². The fourth-order valence-electron chi connectivity index (χ4n) is 8.66. The Bertz CT molecular complexity index is 3150. The maximum Gasteiger partial charge on any atom is 0.147 e. The molecule has 2 heterocycles. The summed E-state index contributed by atoms with van der Waals surface area (Å²) in [6.45, 7) is -0.374. The molecule has 0 saturated heterocycles. The lowest BCUT2D eigenvalue weighted by atomic mass is 10.0. The Balaban J connectivity index is 1.16. The van der Waals surface area contributed by atoms with Crippen molar-refractivity contribution in [1.82, 2.24) is 9.13 Å². The highest BCUT2D eigenvalue weighted by Gasteiger charge is 2.25. The number of nitrogens with zero attached hydrogens (tertiary/aromatic N) is 3. The second kappa shape index (κ2) is 14.6. The van der Waals surface area contributed by atoms with Gasteiger partial charge >= 0.3 is 0 Å². The predicted octanol–water partition coefficient (Wildman–Crippen LogP) is 13.9. The first-order valence-corrected chi connectivity index (χ1v) is 19.4. The van der Waals surface area contributed by atoms with Gasteiger partial charge in [0.05, 0.1) is 18.8 Å². The van der Waals surface area contributed by atoms with Crippen LogP contribution in [-0.2, 0) is 19.5 Å². The number of anilines is 3. The van der Waals surface area contributed by atoms with Gasteiger partial charge in [-0.1, -0.05) is 66.7 Å². The number of benzene rings is 7. The molecular weight excluding hydrogens is 776 g/mol. The van der Waals surface area contributed by atoms with Crippen molar-refractivity contribution in [3.05, 3.63) is 203 Å². The molecule has 0 saturated carbocycles. The van der Waals surface area contributed by atoms with Crippen LogP contribution in [0.4, 0.5) is 47.8 Å². The minimum atomic E-state index is -1.01. The molecule has 0 fully saturated rings. The number of halogens is 7. The van der Waals surface area contributed by atoms with E-state index in [1.54, 1.807) is 15.5 Å². The van der Waals surface area contributed by atoms with E-state index in [0.717, 1.165) is 33.0 Å².